The molecule has 2 rings (SSSR count). The summed E-state index contributed by atoms with van der Waals surface area (Å²) in [6.45, 7) is 0.955. The highest BCUT2D eigenvalue weighted by Gasteiger charge is 2.16. The molecule has 1 fully saturated rings. The van der Waals surface area contributed by atoms with Crippen LogP contribution in [0.3, 0.4) is 0 Å². The molecule has 3 heteroatoms. The Morgan fingerprint density at radius 2 is 2.11 bits per heavy atom. The van der Waals surface area contributed by atoms with Crippen LogP contribution in [-0.4, -0.2) is 18.6 Å². The lowest BCUT2D eigenvalue weighted by Gasteiger charge is -2.16. The van der Waals surface area contributed by atoms with Crippen molar-refractivity contribution < 1.29 is 4.74 Å². The van der Waals surface area contributed by atoms with Gasteiger partial charge in [-0.25, -0.2) is 0 Å². The molecule has 2 atom stereocenters. The number of ether oxygens (including phenoxy) is 1. The predicted molar refractivity (Wildman–Crippen MR) is 80.4 cm³/mol. The number of hydrogen-bond acceptors (Lipinski definition) is 1. The van der Waals surface area contributed by atoms with Gasteiger partial charge >= 0.3 is 0 Å². The van der Waals surface area contributed by atoms with Gasteiger partial charge in [0.2, 0.25) is 0 Å². The number of benzene rings is 1. The van der Waals surface area contributed by atoms with E-state index in [1.54, 1.807) is 0 Å². The molecular formula is C15H20BrClO. The van der Waals surface area contributed by atoms with E-state index in [1.807, 2.05) is 0 Å². The van der Waals surface area contributed by atoms with E-state index in [0.29, 0.717) is 17.9 Å². The average Bonchev–Trinajstić information content (AvgIpc) is 2.89. The summed E-state index contributed by atoms with van der Waals surface area (Å²) in [6.07, 6.45) is 6.53. The minimum atomic E-state index is 0.473. The third kappa shape index (κ3) is 4.25. The van der Waals surface area contributed by atoms with Crippen LogP contribution in [0.15, 0.2) is 28.7 Å². The third-order valence-electron chi connectivity index (χ3n) is 3.63. The second kappa shape index (κ2) is 7.52. The van der Waals surface area contributed by atoms with Gasteiger partial charge in [-0.2, -0.15) is 0 Å². The molecule has 1 aromatic rings. The first kappa shape index (κ1) is 14.4. The number of halogens is 2. The fraction of sp³-hybridized carbons (Fsp3) is 0.600. The van der Waals surface area contributed by atoms with Crippen molar-refractivity contribution in [1.82, 2.24) is 0 Å². The second-order valence-electron chi connectivity index (χ2n) is 4.97. The minimum Gasteiger partial charge on any atom is -0.378 e. The van der Waals surface area contributed by atoms with Gasteiger partial charge in [0.1, 0.15) is 0 Å². The minimum absolute atomic E-state index is 0.473. The molecular weight excluding hydrogens is 312 g/mol. The highest BCUT2D eigenvalue weighted by Crippen LogP contribution is 2.27. The largest absolute Gasteiger partial charge is 0.378 e. The fourth-order valence-electron chi connectivity index (χ4n) is 2.53. The predicted octanol–water partition coefficient (Wildman–Crippen LogP) is 5.12. The van der Waals surface area contributed by atoms with Crippen LogP contribution in [0.25, 0.3) is 0 Å². The Labute approximate surface area is 123 Å². The first-order chi connectivity index (χ1) is 8.79. The van der Waals surface area contributed by atoms with Gasteiger partial charge in [0.15, 0.2) is 0 Å². The summed E-state index contributed by atoms with van der Waals surface area (Å²) in [6, 6.07) is 8.52. The summed E-state index contributed by atoms with van der Waals surface area (Å²) in [5.41, 5.74) is 1.35. The van der Waals surface area contributed by atoms with Crippen LogP contribution in [0.2, 0.25) is 0 Å². The zero-order valence-corrected chi connectivity index (χ0v) is 12.9. The number of hydrogen-bond donors (Lipinski definition) is 0. The molecule has 100 valence electrons. The number of rotatable bonds is 6. The van der Waals surface area contributed by atoms with Crippen molar-refractivity contribution in [1.29, 1.82) is 0 Å². The van der Waals surface area contributed by atoms with Crippen LogP contribution in [0.1, 0.15) is 43.6 Å². The van der Waals surface area contributed by atoms with Crippen LogP contribution in [0.4, 0.5) is 0 Å². The Balaban J connectivity index is 1.79. The van der Waals surface area contributed by atoms with E-state index in [1.165, 1.54) is 31.2 Å². The van der Waals surface area contributed by atoms with Gasteiger partial charge in [-0.1, -0.05) is 34.5 Å². The lowest BCUT2D eigenvalue weighted by atomic mass is 9.94. The van der Waals surface area contributed by atoms with Gasteiger partial charge in [-0.05, 0) is 49.3 Å². The highest BCUT2D eigenvalue weighted by molar-refractivity contribution is 9.10. The van der Waals surface area contributed by atoms with Crippen LogP contribution < -0.4 is 0 Å². The zero-order chi connectivity index (χ0) is 12.8. The van der Waals surface area contributed by atoms with Crippen LogP contribution in [0, 0.1) is 0 Å². The molecule has 2 unspecified atom stereocenters. The molecule has 1 heterocycles. The lowest BCUT2D eigenvalue weighted by molar-refractivity contribution is 0.102. The summed E-state index contributed by atoms with van der Waals surface area (Å²) < 4.78 is 6.77. The molecule has 1 aliphatic rings. The highest BCUT2D eigenvalue weighted by atomic mass is 79.9. The topological polar surface area (TPSA) is 9.23 Å². The maximum atomic E-state index is 6.09. The van der Waals surface area contributed by atoms with E-state index >= 15 is 0 Å². The van der Waals surface area contributed by atoms with Gasteiger partial charge in [0.05, 0.1) is 6.10 Å². The van der Waals surface area contributed by atoms with Gasteiger partial charge in [0.25, 0.3) is 0 Å². The van der Waals surface area contributed by atoms with E-state index in [2.05, 4.69) is 40.2 Å². The first-order valence-electron chi connectivity index (χ1n) is 6.72. The quantitative estimate of drug-likeness (QED) is 0.657. The zero-order valence-electron chi connectivity index (χ0n) is 10.6. The molecule has 0 aromatic heterocycles. The van der Waals surface area contributed by atoms with E-state index in [4.69, 9.17) is 16.3 Å². The molecule has 0 amide bonds. The summed E-state index contributed by atoms with van der Waals surface area (Å²) in [5.74, 6) is 1.17. The maximum absolute atomic E-state index is 6.09. The molecule has 1 aliphatic heterocycles. The SMILES string of the molecule is ClCC(CCCC1CCCO1)c1ccc(Br)cc1. The monoisotopic (exact) mass is 330 g/mol. The Morgan fingerprint density at radius 1 is 1.33 bits per heavy atom. The Hall–Kier alpha value is -0.0500. The van der Waals surface area contributed by atoms with E-state index < -0.39 is 0 Å². The Kier molecular flexibility index (Phi) is 6.00. The van der Waals surface area contributed by atoms with Crippen LogP contribution >= 0.6 is 27.5 Å². The van der Waals surface area contributed by atoms with Gasteiger partial charge in [-0.3, -0.25) is 0 Å². The van der Waals surface area contributed by atoms with Crippen molar-refractivity contribution in [3.63, 3.8) is 0 Å². The smallest absolute Gasteiger partial charge is 0.0576 e. The Bertz CT molecular complexity index is 346. The normalized spacial score (nSPS) is 21.1. The molecule has 0 N–H and O–H groups in total. The molecule has 18 heavy (non-hydrogen) atoms. The summed E-state index contributed by atoms with van der Waals surface area (Å²) in [5, 5.41) is 0. The summed E-state index contributed by atoms with van der Waals surface area (Å²) in [7, 11) is 0. The van der Waals surface area contributed by atoms with Crippen LogP contribution in [0.5, 0.6) is 0 Å². The van der Waals surface area contributed by atoms with E-state index in [0.717, 1.165) is 17.5 Å². The van der Waals surface area contributed by atoms with Crippen molar-refractivity contribution in [2.75, 3.05) is 12.5 Å². The molecule has 0 aliphatic carbocycles. The van der Waals surface area contributed by atoms with Gasteiger partial charge in [-0.15, -0.1) is 11.6 Å². The third-order valence-corrected chi connectivity index (χ3v) is 4.53. The summed E-state index contributed by atoms with van der Waals surface area (Å²) in [4.78, 5) is 0. The first-order valence-corrected chi connectivity index (χ1v) is 8.05. The van der Waals surface area contributed by atoms with E-state index in [-0.39, 0.29) is 0 Å². The molecule has 1 nitrogen and oxygen atoms in total. The average molecular weight is 332 g/mol. The fourth-order valence-corrected chi connectivity index (χ4v) is 3.13. The van der Waals surface area contributed by atoms with Crippen molar-refractivity contribution in [3.05, 3.63) is 34.3 Å². The van der Waals surface area contributed by atoms with Crippen LogP contribution in [-0.2, 0) is 4.74 Å². The molecule has 0 saturated carbocycles. The second-order valence-corrected chi connectivity index (χ2v) is 6.19. The summed E-state index contributed by atoms with van der Waals surface area (Å²) >= 11 is 9.56. The Morgan fingerprint density at radius 3 is 2.72 bits per heavy atom. The standard InChI is InChI=1S/C15H20BrClO/c16-14-8-6-12(7-9-14)13(11-17)3-1-4-15-5-2-10-18-15/h6-9,13,15H,1-5,10-11H2. The molecule has 1 saturated heterocycles. The van der Waals surface area contributed by atoms with E-state index in [9.17, 15) is 0 Å². The van der Waals surface area contributed by atoms with Gasteiger partial charge in [0, 0.05) is 17.0 Å². The molecule has 0 radical (unpaired) electrons. The van der Waals surface area contributed by atoms with Crippen molar-refractivity contribution in [3.8, 4) is 0 Å². The molecule has 0 bridgehead atoms. The lowest BCUT2D eigenvalue weighted by Crippen LogP contribution is -2.07. The molecule has 0 spiro atoms. The van der Waals surface area contributed by atoms with Crippen molar-refractivity contribution in [2.45, 2.75) is 44.1 Å². The van der Waals surface area contributed by atoms with Gasteiger partial charge < -0.3 is 4.74 Å². The maximum Gasteiger partial charge on any atom is 0.0576 e. The number of alkyl halides is 1. The van der Waals surface area contributed by atoms with Crippen molar-refractivity contribution >= 4 is 27.5 Å². The molecule has 1 aromatic carbocycles. The van der Waals surface area contributed by atoms with Crippen molar-refractivity contribution in [2.24, 2.45) is 0 Å².